The quantitative estimate of drug-likeness (QED) is 0.744. The second-order valence-electron chi connectivity index (χ2n) is 4.89. The zero-order chi connectivity index (χ0) is 13.5. The summed E-state index contributed by atoms with van der Waals surface area (Å²) < 4.78 is 5.85. The number of furan rings is 1. The lowest BCUT2D eigenvalue weighted by atomic mass is 10.1. The summed E-state index contributed by atoms with van der Waals surface area (Å²) in [4.78, 5) is 0. The van der Waals surface area contributed by atoms with Gasteiger partial charge in [-0.2, -0.15) is 0 Å². The molecule has 0 saturated heterocycles. The van der Waals surface area contributed by atoms with Crippen LogP contribution >= 0.6 is 0 Å². The van der Waals surface area contributed by atoms with E-state index < -0.39 is 0 Å². The maximum atomic E-state index is 5.85. The van der Waals surface area contributed by atoms with Crippen molar-refractivity contribution in [2.45, 2.75) is 39.7 Å². The van der Waals surface area contributed by atoms with Crippen molar-refractivity contribution in [1.82, 2.24) is 5.32 Å². The molecule has 2 aromatic rings. The van der Waals surface area contributed by atoms with Crippen LogP contribution in [0.1, 0.15) is 38.0 Å². The van der Waals surface area contributed by atoms with Crippen molar-refractivity contribution in [3.63, 3.8) is 0 Å². The smallest absolute Gasteiger partial charge is 0.134 e. The van der Waals surface area contributed by atoms with Gasteiger partial charge in [0.25, 0.3) is 0 Å². The van der Waals surface area contributed by atoms with E-state index in [4.69, 9.17) is 4.42 Å². The van der Waals surface area contributed by atoms with Gasteiger partial charge in [0.2, 0.25) is 0 Å². The molecule has 0 saturated carbocycles. The molecule has 102 valence electrons. The van der Waals surface area contributed by atoms with Gasteiger partial charge in [-0.3, -0.25) is 0 Å². The highest BCUT2D eigenvalue weighted by Crippen LogP contribution is 2.22. The third-order valence-electron chi connectivity index (χ3n) is 3.16. The van der Waals surface area contributed by atoms with E-state index in [0.29, 0.717) is 0 Å². The molecule has 0 atom stereocenters. The molecular weight excluding hydrogens is 234 g/mol. The summed E-state index contributed by atoms with van der Waals surface area (Å²) in [5, 5.41) is 3.35. The summed E-state index contributed by atoms with van der Waals surface area (Å²) in [7, 11) is 0. The number of hydrogen-bond acceptors (Lipinski definition) is 2. The fourth-order valence-electron chi connectivity index (χ4n) is 2.14. The molecule has 19 heavy (non-hydrogen) atoms. The predicted molar refractivity (Wildman–Crippen MR) is 80.1 cm³/mol. The van der Waals surface area contributed by atoms with E-state index in [1.165, 1.54) is 12.0 Å². The standard InChI is InChI=1S/C17H23NO/c1-3-5-14-6-8-15(9-7-14)17-11-10-16(19-17)13-18-12-4-2/h6-11,18H,3-5,12-13H2,1-2H3. The van der Waals surface area contributed by atoms with Gasteiger partial charge >= 0.3 is 0 Å². The maximum absolute atomic E-state index is 5.85. The molecule has 0 aliphatic heterocycles. The van der Waals surface area contributed by atoms with Crippen molar-refractivity contribution >= 4 is 0 Å². The molecule has 0 unspecified atom stereocenters. The molecule has 0 fully saturated rings. The molecule has 2 rings (SSSR count). The van der Waals surface area contributed by atoms with Crippen molar-refractivity contribution in [2.24, 2.45) is 0 Å². The van der Waals surface area contributed by atoms with Crippen LogP contribution in [0.15, 0.2) is 40.8 Å². The van der Waals surface area contributed by atoms with E-state index in [-0.39, 0.29) is 0 Å². The van der Waals surface area contributed by atoms with Crippen LogP contribution < -0.4 is 5.32 Å². The van der Waals surface area contributed by atoms with Crippen molar-refractivity contribution < 1.29 is 4.42 Å². The molecule has 1 aromatic heterocycles. The summed E-state index contributed by atoms with van der Waals surface area (Å²) in [6.07, 6.45) is 3.48. The fraction of sp³-hybridized carbons (Fsp3) is 0.412. The number of hydrogen-bond donors (Lipinski definition) is 1. The van der Waals surface area contributed by atoms with Crippen LogP contribution in [-0.2, 0) is 13.0 Å². The molecule has 0 radical (unpaired) electrons. The van der Waals surface area contributed by atoms with Gasteiger partial charge in [0.1, 0.15) is 11.5 Å². The minimum absolute atomic E-state index is 0.807. The Morgan fingerprint density at radius 3 is 2.42 bits per heavy atom. The third-order valence-corrected chi connectivity index (χ3v) is 3.16. The Hall–Kier alpha value is -1.54. The molecule has 2 nitrogen and oxygen atoms in total. The van der Waals surface area contributed by atoms with Crippen LogP contribution in [0.3, 0.4) is 0 Å². The normalized spacial score (nSPS) is 10.8. The van der Waals surface area contributed by atoms with Crippen molar-refractivity contribution in [3.05, 3.63) is 47.7 Å². The zero-order valence-corrected chi connectivity index (χ0v) is 11.9. The highest BCUT2D eigenvalue weighted by molar-refractivity contribution is 5.57. The lowest BCUT2D eigenvalue weighted by Gasteiger charge is -2.02. The summed E-state index contributed by atoms with van der Waals surface area (Å²) in [5.41, 5.74) is 2.55. The lowest BCUT2D eigenvalue weighted by Crippen LogP contribution is -2.12. The van der Waals surface area contributed by atoms with E-state index in [0.717, 1.165) is 43.0 Å². The molecule has 0 aliphatic carbocycles. The minimum atomic E-state index is 0.807. The SMILES string of the molecule is CCCNCc1ccc(-c2ccc(CCC)cc2)o1. The Balaban J connectivity index is 2.01. The van der Waals surface area contributed by atoms with Crippen molar-refractivity contribution in [2.75, 3.05) is 6.54 Å². The number of benzene rings is 1. The fourth-order valence-corrected chi connectivity index (χ4v) is 2.14. The Kier molecular flexibility index (Phi) is 5.22. The Bertz CT molecular complexity index is 484. The van der Waals surface area contributed by atoms with Crippen LogP contribution in [-0.4, -0.2) is 6.54 Å². The molecule has 2 heteroatoms. The van der Waals surface area contributed by atoms with Crippen LogP contribution in [0.4, 0.5) is 0 Å². The van der Waals surface area contributed by atoms with Gasteiger partial charge in [0, 0.05) is 5.56 Å². The van der Waals surface area contributed by atoms with Crippen LogP contribution in [0.25, 0.3) is 11.3 Å². The summed E-state index contributed by atoms with van der Waals surface area (Å²) >= 11 is 0. The number of nitrogens with one attached hydrogen (secondary N) is 1. The van der Waals surface area contributed by atoms with Gasteiger partial charge in [-0.15, -0.1) is 0 Å². The number of aryl methyl sites for hydroxylation is 1. The Morgan fingerprint density at radius 1 is 0.947 bits per heavy atom. The first-order chi connectivity index (χ1) is 9.33. The van der Waals surface area contributed by atoms with E-state index in [1.54, 1.807) is 0 Å². The highest BCUT2D eigenvalue weighted by atomic mass is 16.3. The van der Waals surface area contributed by atoms with Crippen molar-refractivity contribution in [3.8, 4) is 11.3 Å². The molecule has 0 spiro atoms. The van der Waals surface area contributed by atoms with Crippen LogP contribution in [0.5, 0.6) is 0 Å². The average molecular weight is 257 g/mol. The van der Waals surface area contributed by atoms with Gasteiger partial charge in [0.05, 0.1) is 6.54 Å². The van der Waals surface area contributed by atoms with E-state index in [2.05, 4.69) is 55.6 Å². The van der Waals surface area contributed by atoms with Gasteiger partial charge < -0.3 is 9.73 Å². The molecule has 1 aromatic carbocycles. The second-order valence-corrected chi connectivity index (χ2v) is 4.89. The molecule has 0 aliphatic rings. The average Bonchev–Trinajstić information content (AvgIpc) is 2.89. The van der Waals surface area contributed by atoms with Crippen LogP contribution in [0, 0.1) is 0 Å². The summed E-state index contributed by atoms with van der Waals surface area (Å²) in [5.74, 6) is 1.96. The Morgan fingerprint density at radius 2 is 1.74 bits per heavy atom. The van der Waals surface area contributed by atoms with Crippen molar-refractivity contribution in [1.29, 1.82) is 0 Å². The first-order valence-electron chi connectivity index (χ1n) is 7.22. The largest absolute Gasteiger partial charge is 0.460 e. The number of rotatable bonds is 7. The van der Waals surface area contributed by atoms with E-state index in [1.807, 2.05) is 0 Å². The molecular formula is C17H23NO. The van der Waals surface area contributed by atoms with Gasteiger partial charge in [-0.05, 0) is 37.1 Å². The predicted octanol–water partition coefficient (Wildman–Crippen LogP) is 4.40. The monoisotopic (exact) mass is 257 g/mol. The Labute approximate surface area is 115 Å². The van der Waals surface area contributed by atoms with Gasteiger partial charge in [0.15, 0.2) is 0 Å². The summed E-state index contributed by atoms with van der Waals surface area (Å²) in [6.45, 7) is 6.21. The third kappa shape index (κ3) is 3.97. The minimum Gasteiger partial charge on any atom is -0.460 e. The van der Waals surface area contributed by atoms with Gasteiger partial charge in [-0.25, -0.2) is 0 Å². The van der Waals surface area contributed by atoms with Gasteiger partial charge in [-0.1, -0.05) is 44.5 Å². The van der Waals surface area contributed by atoms with Crippen LogP contribution in [0.2, 0.25) is 0 Å². The second kappa shape index (κ2) is 7.15. The zero-order valence-electron chi connectivity index (χ0n) is 11.9. The summed E-state index contributed by atoms with van der Waals surface area (Å²) in [6, 6.07) is 12.8. The lowest BCUT2D eigenvalue weighted by molar-refractivity contribution is 0.493. The molecule has 0 bridgehead atoms. The van der Waals surface area contributed by atoms with E-state index in [9.17, 15) is 0 Å². The molecule has 0 amide bonds. The van der Waals surface area contributed by atoms with E-state index >= 15 is 0 Å². The topological polar surface area (TPSA) is 25.2 Å². The molecule has 1 N–H and O–H groups in total. The maximum Gasteiger partial charge on any atom is 0.134 e. The first kappa shape index (κ1) is 13.9. The first-order valence-corrected chi connectivity index (χ1v) is 7.22. The molecule has 1 heterocycles. The highest BCUT2D eigenvalue weighted by Gasteiger charge is 2.04.